The van der Waals surface area contributed by atoms with Crippen LogP contribution in [0.2, 0.25) is 0 Å². The molecule has 0 aliphatic carbocycles. The van der Waals surface area contributed by atoms with Gasteiger partial charge in [-0.3, -0.25) is 4.72 Å². The highest BCUT2D eigenvalue weighted by Crippen LogP contribution is 2.20. The van der Waals surface area contributed by atoms with Crippen LogP contribution >= 0.6 is 0 Å². The molecule has 0 spiro atoms. The number of benzene rings is 1. The second-order valence-electron chi connectivity index (χ2n) is 5.07. The molecule has 19 heavy (non-hydrogen) atoms. The molecule has 5 nitrogen and oxygen atoms in total. The van der Waals surface area contributed by atoms with E-state index in [9.17, 15) is 8.42 Å². The van der Waals surface area contributed by atoms with Gasteiger partial charge in [-0.15, -0.1) is 0 Å². The molecule has 1 atom stereocenters. The number of nitrogens with zero attached hydrogens (tertiary/aromatic N) is 1. The van der Waals surface area contributed by atoms with E-state index in [0.29, 0.717) is 24.7 Å². The summed E-state index contributed by atoms with van der Waals surface area (Å²) < 4.78 is 28.5. The Morgan fingerprint density at radius 3 is 2.63 bits per heavy atom. The first-order valence-electron chi connectivity index (χ1n) is 6.49. The Bertz CT molecular complexity index is 513. The number of anilines is 1. The number of aliphatic hydroxyl groups is 1. The Kier molecular flexibility index (Phi) is 4.44. The predicted molar refractivity (Wildman–Crippen MR) is 74.9 cm³/mol. The Morgan fingerprint density at radius 1 is 1.37 bits per heavy atom. The molecule has 1 aromatic rings. The van der Waals surface area contributed by atoms with Crippen LogP contribution in [0.25, 0.3) is 0 Å². The molecule has 1 aliphatic rings. The van der Waals surface area contributed by atoms with E-state index < -0.39 is 10.2 Å². The van der Waals surface area contributed by atoms with E-state index in [0.717, 1.165) is 18.4 Å². The third-order valence-corrected chi connectivity index (χ3v) is 4.85. The lowest BCUT2D eigenvalue weighted by molar-refractivity contribution is 0.282. The van der Waals surface area contributed by atoms with Gasteiger partial charge in [0, 0.05) is 18.8 Å². The van der Waals surface area contributed by atoms with Gasteiger partial charge in [-0.2, -0.15) is 12.7 Å². The van der Waals surface area contributed by atoms with E-state index >= 15 is 0 Å². The lowest BCUT2D eigenvalue weighted by atomic mass is 10.0. The number of piperidine rings is 1. The van der Waals surface area contributed by atoms with Crippen LogP contribution in [-0.2, 0) is 16.8 Å². The van der Waals surface area contributed by atoms with Crippen LogP contribution in [-0.4, -0.2) is 30.9 Å². The van der Waals surface area contributed by atoms with Gasteiger partial charge < -0.3 is 5.11 Å². The van der Waals surface area contributed by atoms with Crippen molar-refractivity contribution >= 4 is 15.9 Å². The van der Waals surface area contributed by atoms with Crippen LogP contribution < -0.4 is 4.72 Å². The fraction of sp³-hybridized carbons (Fsp3) is 0.538. The topological polar surface area (TPSA) is 69.6 Å². The molecule has 1 saturated heterocycles. The first kappa shape index (κ1) is 14.3. The summed E-state index contributed by atoms with van der Waals surface area (Å²) in [5.41, 5.74) is 1.28. The molecule has 1 aromatic carbocycles. The normalized spacial score (nSPS) is 21.3. The highest BCUT2D eigenvalue weighted by molar-refractivity contribution is 7.90. The fourth-order valence-corrected chi connectivity index (χ4v) is 3.64. The number of hydrogen-bond acceptors (Lipinski definition) is 3. The lowest BCUT2D eigenvalue weighted by Crippen LogP contribution is -2.42. The second-order valence-corrected chi connectivity index (χ2v) is 6.74. The van der Waals surface area contributed by atoms with Crippen molar-refractivity contribution in [2.75, 3.05) is 17.8 Å². The molecule has 0 saturated carbocycles. The van der Waals surface area contributed by atoms with E-state index in [1.807, 2.05) is 0 Å². The SMILES string of the molecule is CC1CCCN(S(=O)(=O)Nc2ccc(CO)cc2)C1. The van der Waals surface area contributed by atoms with Crippen LogP contribution in [0.5, 0.6) is 0 Å². The van der Waals surface area contributed by atoms with Gasteiger partial charge in [0.1, 0.15) is 0 Å². The molecule has 1 heterocycles. The third-order valence-electron chi connectivity index (χ3n) is 3.34. The summed E-state index contributed by atoms with van der Waals surface area (Å²) in [4.78, 5) is 0. The maximum absolute atomic E-state index is 12.2. The minimum absolute atomic E-state index is 0.0450. The van der Waals surface area contributed by atoms with Gasteiger partial charge in [0.2, 0.25) is 0 Å². The quantitative estimate of drug-likeness (QED) is 0.881. The predicted octanol–water partition coefficient (Wildman–Crippen LogP) is 1.57. The summed E-state index contributed by atoms with van der Waals surface area (Å²) in [7, 11) is -3.47. The summed E-state index contributed by atoms with van der Waals surface area (Å²) in [6.45, 7) is 3.17. The number of hydrogen-bond donors (Lipinski definition) is 2. The van der Waals surface area contributed by atoms with Crippen LogP contribution in [0.4, 0.5) is 5.69 Å². The van der Waals surface area contributed by atoms with Gasteiger partial charge in [-0.25, -0.2) is 0 Å². The molecule has 1 fully saturated rings. The molecule has 0 bridgehead atoms. The molecule has 0 amide bonds. The monoisotopic (exact) mass is 284 g/mol. The molecular weight excluding hydrogens is 264 g/mol. The zero-order chi connectivity index (χ0) is 13.9. The van der Waals surface area contributed by atoms with E-state index in [-0.39, 0.29) is 6.61 Å². The van der Waals surface area contributed by atoms with Crippen LogP contribution in [0.1, 0.15) is 25.3 Å². The maximum atomic E-state index is 12.2. The Labute approximate surface area is 114 Å². The van der Waals surface area contributed by atoms with Crippen LogP contribution in [0, 0.1) is 5.92 Å². The second kappa shape index (κ2) is 5.90. The highest BCUT2D eigenvalue weighted by Gasteiger charge is 2.26. The Hall–Kier alpha value is -1.11. The average Bonchev–Trinajstić information content (AvgIpc) is 2.39. The Balaban J connectivity index is 2.07. The van der Waals surface area contributed by atoms with E-state index in [4.69, 9.17) is 5.11 Å². The zero-order valence-corrected chi connectivity index (χ0v) is 11.9. The highest BCUT2D eigenvalue weighted by atomic mass is 32.2. The summed E-state index contributed by atoms with van der Waals surface area (Å²) >= 11 is 0. The van der Waals surface area contributed by atoms with Crippen molar-refractivity contribution in [3.63, 3.8) is 0 Å². The minimum Gasteiger partial charge on any atom is -0.392 e. The van der Waals surface area contributed by atoms with Gasteiger partial charge in [-0.05, 0) is 36.5 Å². The molecular formula is C13H20N2O3S. The molecule has 6 heteroatoms. The van der Waals surface area contributed by atoms with Crippen molar-refractivity contribution in [3.05, 3.63) is 29.8 Å². The lowest BCUT2D eigenvalue weighted by Gasteiger charge is -2.30. The standard InChI is InChI=1S/C13H20N2O3S/c1-11-3-2-8-15(9-11)19(17,18)14-13-6-4-12(10-16)5-7-13/h4-7,11,14,16H,2-3,8-10H2,1H3. The fourth-order valence-electron chi connectivity index (χ4n) is 2.26. The first-order valence-corrected chi connectivity index (χ1v) is 7.93. The summed E-state index contributed by atoms with van der Waals surface area (Å²) in [6.07, 6.45) is 1.99. The van der Waals surface area contributed by atoms with E-state index in [1.165, 1.54) is 4.31 Å². The molecule has 1 aliphatic heterocycles. The van der Waals surface area contributed by atoms with Crippen molar-refractivity contribution in [1.29, 1.82) is 0 Å². The average molecular weight is 284 g/mol. The molecule has 106 valence electrons. The number of nitrogens with one attached hydrogen (secondary N) is 1. The first-order chi connectivity index (χ1) is 9.01. The molecule has 0 aromatic heterocycles. The van der Waals surface area contributed by atoms with Crippen molar-refractivity contribution in [2.45, 2.75) is 26.4 Å². The Morgan fingerprint density at radius 2 is 2.05 bits per heavy atom. The van der Waals surface area contributed by atoms with Gasteiger partial charge in [0.15, 0.2) is 0 Å². The smallest absolute Gasteiger partial charge is 0.301 e. The minimum atomic E-state index is -3.47. The van der Waals surface area contributed by atoms with E-state index in [2.05, 4.69) is 11.6 Å². The molecule has 2 rings (SSSR count). The van der Waals surface area contributed by atoms with Crippen LogP contribution in [0.15, 0.2) is 24.3 Å². The molecule has 2 N–H and O–H groups in total. The third kappa shape index (κ3) is 3.68. The number of rotatable bonds is 4. The van der Waals surface area contributed by atoms with Crippen molar-refractivity contribution in [1.82, 2.24) is 4.31 Å². The largest absolute Gasteiger partial charge is 0.392 e. The molecule has 0 radical (unpaired) electrons. The zero-order valence-electron chi connectivity index (χ0n) is 11.0. The van der Waals surface area contributed by atoms with Crippen molar-refractivity contribution in [2.24, 2.45) is 5.92 Å². The van der Waals surface area contributed by atoms with Crippen molar-refractivity contribution in [3.8, 4) is 0 Å². The summed E-state index contributed by atoms with van der Waals surface area (Å²) in [5, 5.41) is 8.95. The van der Waals surface area contributed by atoms with Gasteiger partial charge in [0.25, 0.3) is 0 Å². The van der Waals surface area contributed by atoms with Gasteiger partial charge in [-0.1, -0.05) is 19.1 Å². The van der Waals surface area contributed by atoms with Crippen LogP contribution in [0.3, 0.4) is 0 Å². The van der Waals surface area contributed by atoms with Gasteiger partial charge >= 0.3 is 10.2 Å². The molecule has 1 unspecified atom stereocenters. The summed E-state index contributed by atoms with van der Waals surface area (Å²) in [5.74, 6) is 0.405. The van der Waals surface area contributed by atoms with Crippen molar-refractivity contribution < 1.29 is 13.5 Å². The maximum Gasteiger partial charge on any atom is 0.301 e. The van der Waals surface area contributed by atoms with E-state index in [1.54, 1.807) is 24.3 Å². The number of aliphatic hydroxyl groups excluding tert-OH is 1. The van der Waals surface area contributed by atoms with Gasteiger partial charge in [0.05, 0.1) is 6.61 Å². The summed E-state index contributed by atoms with van der Waals surface area (Å²) in [6, 6.07) is 6.74.